The van der Waals surface area contributed by atoms with Crippen LogP contribution < -0.4 is 5.32 Å². The predicted octanol–water partition coefficient (Wildman–Crippen LogP) is 6.67. The quantitative estimate of drug-likeness (QED) is 0.361. The molecule has 2 aliphatic rings. The second kappa shape index (κ2) is 11.3. The molecular weight excluding hydrogens is 458 g/mol. The van der Waals surface area contributed by atoms with Crippen molar-refractivity contribution in [3.63, 3.8) is 0 Å². The molecule has 2 fully saturated rings. The number of benzene rings is 1. The number of aliphatic hydroxyl groups is 1. The van der Waals surface area contributed by atoms with Crippen molar-refractivity contribution in [2.24, 2.45) is 0 Å². The van der Waals surface area contributed by atoms with Gasteiger partial charge in [-0.15, -0.1) is 0 Å². The highest BCUT2D eigenvalue weighted by Crippen LogP contribution is 2.39. The third-order valence-corrected chi connectivity index (χ3v) is 8.43. The van der Waals surface area contributed by atoms with E-state index in [2.05, 4.69) is 72.6 Å². The van der Waals surface area contributed by atoms with Crippen molar-refractivity contribution in [3.8, 4) is 0 Å². The molecule has 6 nitrogen and oxygen atoms in total. The molecule has 2 N–H and O–H groups in total. The van der Waals surface area contributed by atoms with Gasteiger partial charge in [-0.2, -0.15) is 4.98 Å². The average Bonchev–Trinajstić information content (AvgIpc) is 3.28. The molecule has 0 radical (unpaired) electrons. The maximum atomic E-state index is 10.1. The Morgan fingerprint density at radius 1 is 1.16 bits per heavy atom. The van der Waals surface area contributed by atoms with Crippen molar-refractivity contribution in [1.29, 1.82) is 0 Å². The van der Waals surface area contributed by atoms with Crippen LogP contribution in [0.2, 0.25) is 0 Å². The summed E-state index contributed by atoms with van der Waals surface area (Å²) in [6.45, 7) is 13.0. The number of hydrogen-bond acceptors (Lipinski definition) is 5. The number of likely N-dealkylation sites (tertiary alicyclic amines) is 1. The summed E-state index contributed by atoms with van der Waals surface area (Å²) in [6, 6.07) is 9.39. The number of rotatable bonds is 8. The number of aliphatic hydroxyl groups excluding tert-OH is 1. The van der Waals surface area contributed by atoms with Crippen LogP contribution >= 0.6 is 0 Å². The molecule has 37 heavy (non-hydrogen) atoms. The van der Waals surface area contributed by atoms with Crippen molar-refractivity contribution < 1.29 is 5.11 Å². The summed E-state index contributed by atoms with van der Waals surface area (Å²) in [5.41, 5.74) is 6.06. The first-order valence-electron chi connectivity index (χ1n) is 14.3. The SMILES string of the molecule is C=C(c1cccc(C)c1)N1CCC(c2cn(C3CCC(O)CC3)c3nc(N[C@@H](C)CCC)ncc23)CC1. The number of anilines is 1. The van der Waals surface area contributed by atoms with E-state index in [0.29, 0.717) is 18.0 Å². The summed E-state index contributed by atoms with van der Waals surface area (Å²) in [4.78, 5) is 12.2. The molecule has 3 aromatic rings. The molecule has 6 heteroatoms. The van der Waals surface area contributed by atoms with Gasteiger partial charge in [0, 0.05) is 48.7 Å². The standard InChI is InChI=1S/C31H43N5O/c1-5-7-22(3)33-31-32-19-28-29(20-36(30(28)34-31)26-10-12-27(37)13-11-26)24-14-16-35(17-15-24)23(4)25-9-6-8-21(2)18-25/h6,8-9,18-20,22,24,26-27,37H,4-5,7,10-17H2,1-3H3,(H,32,33,34)/t22-,26?,27?/m0/s1. The molecule has 2 aromatic heterocycles. The highest BCUT2D eigenvalue weighted by molar-refractivity contribution is 5.81. The predicted molar refractivity (Wildman–Crippen MR) is 153 cm³/mol. The van der Waals surface area contributed by atoms with E-state index in [0.717, 1.165) is 81.7 Å². The van der Waals surface area contributed by atoms with Gasteiger partial charge in [-0.3, -0.25) is 0 Å². The average molecular weight is 502 g/mol. The Balaban J connectivity index is 1.38. The van der Waals surface area contributed by atoms with Gasteiger partial charge < -0.3 is 19.9 Å². The van der Waals surface area contributed by atoms with Gasteiger partial charge in [-0.25, -0.2) is 4.98 Å². The van der Waals surface area contributed by atoms with Gasteiger partial charge in [0.25, 0.3) is 0 Å². The van der Waals surface area contributed by atoms with Crippen molar-refractivity contribution in [3.05, 3.63) is 59.9 Å². The van der Waals surface area contributed by atoms with Crippen LogP contribution in [0.4, 0.5) is 5.95 Å². The second-order valence-corrected chi connectivity index (χ2v) is 11.3. The summed E-state index contributed by atoms with van der Waals surface area (Å²) >= 11 is 0. The number of nitrogens with zero attached hydrogens (tertiary/aromatic N) is 4. The monoisotopic (exact) mass is 501 g/mol. The van der Waals surface area contributed by atoms with Crippen molar-refractivity contribution in [2.45, 2.75) is 96.2 Å². The Kier molecular flexibility index (Phi) is 7.84. The zero-order valence-electron chi connectivity index (χ0n) is 22.8. The van der Waals surface area contributed by atoms with Gasteiger partial charge >= 0.3 is 0 Å². The van der Waals surface area contributed by atoms with Crippen LogP contribution in [0.25, 0.3) is 16.7 Å². The molecule has 1 aliphatic heterocycles. The number of aryl methyl sites for hydroxylation is 1. The molecule has 0 spiro atoms. The molecule has 1 aliphatic carbocycles. The molecule has 0 bridgehead atoms. The Morgan fingerprint density at radius 3 is 2.62 bits per heavy atom. The normalized spacial score (nSPS) is 21.8. The van der Waals surface area contributed by atoms with E-state index in [1.165, 1.54) is 22.1 Å². The highest BCUT2D eigenvalue weighted by Gasteiger charge is 2.28. The fourth-order valence-electron chi connectivity index (χ4n) is 6.26. The molecule has 1 aromatic carbocycles. The summed E-state index contributed by atoms with van der Waals surface area (Å²) in [6.07, 6.45) is 12.4. The van der Waals surface area contributed by atoms with Crippen LogP contribution in [0.3, 0.4) is 0 Å². The van der Waals surface area contributed by atoms with E-state index in [-0.39, 0.29) is 6.10 Å². The van der Waals surface area contributed by atoms with Gasteiger partial charge in [-0.1, -0.05) is 43.7 Å². The molecular formula is C31H43N5O. The Bertz CT molecular complexity index is 1220. The molecule has 1 atom stereocenters. The summed E-state index contributed by atoms with van der Waals surface area (Å²) in [5, 5.41) is 14.8. The van der Waals surface area contributed by atoms with Crippen LogP contribution in [-0.2, 0) is 0 Å². The topological polar surface area (TPSA) is 66.2 Å². The van der Waals surface area contributed by atoms with E-state index >= 15 is 0 Å². The van der Waals surface area contributed by atoms with Crippen LogP contribution in [0.1, 0.15) is 93.9 Å². The lowest BCUT2D eigenvalue weighted by Crippen LogP contribution is -2.31. The number of nitrogens with one attached hydrogen (secondary N) is 1. The van der Waals surface area contributed by atoms with E-state index in [9.17, 15) is 5.11 Å². The van der Waals surface area contributed by atoms with E-state index in [1.807, 2.05) is 6.20 Å². The number of fused-ring (bicyclic) bond motifs is 1. The first kappa shape index (κ1) is 25.8. The molecule has 198 valence electrons. The second-order valence-electron chi connectivity index (χ2n) is 11.3. The minimum absolute atomic E-state index is 0.162. The fourth-order valence-corrected chi connectivity index (χ4v) is 6.26. The lowest BCUT2D eigenvalue weighted by Gasteiger charge is -2.35. The van der Waals surface area contributed by atoms with Crippen LogP contribution in [0.5, 0.6) is 0 Å². The minimum Gasteiger partial charge on any atom is -0.393 e. The maximum absolute atomic E-state index is 10.1. The number of aromatic nitrogens is 3. The molecule has 1 saturated carbocycles. The van der Waals surface area contributed by atoms with E-state index in [4.69, 9.17) is 9.97 Å². The lowest BCUT2D eigenvalue weighted by molar-refractivity contribution is 0.111. The smallest absolute Gasteiger partial charge is 0.224 e. The molecule has 0 unspecified atom stereocenters. The van der Waals surface area contributed by atoms with Crippen molar-refractivity contribution in [2.75, 3.05) is 18.4 Å². The van der Waals surface area contributed by atoms with Crippen molar-refractivity contribution >= 4 is 22.7 Å². The summed E-state index contributed by atoms with van der Waals surface area (Å²) < 4.78 is 2.41. The first-order valence-corrected chi connectivity index (χ1v) is 14.3. The van der Waals surface area contributed by atoms with E-state index in [1.54, 1.807) is 0 Å². The zero-order chi connectivity index (χ0) is 25.9. The van der Waals surface area contributed by atoms with Crippen LogP contribution in [-0.4, -0.2) is 49.8 Å². The summed E-state index contributed by atoms with van der Waals surface area (Å²) in [5.74, 6) is 1.21. The van der Waals surface area contributed by atoms with Gasteiger partial charge in [-0.05, 0) is 81.9 Å². The molecule has 5 rings (SSSR count). The number of piperidine rings is 1. The molecule has 3 heterocycles. The molecule has 0 amide bonds. The Labute approximate surface area is 221 Å². The maximum Gasteiger partial charge on any atom is 0.224 e. The largest absolute Gasteiger partial charge is 0.393 e. The third-order valence-electron chi connectivity index (χ3n) is 8.43. The Morgan fingerprint density at radius 2 is 1.92 bits per heavy atom. The van der Waals surface area contributed by atoms with Gasteiger partial charge in [0.1, 0.15) is 5.65 Å². The highest BCUT2D eigenvalue weighted by atomic mass is 16.3. The number of hydrogen-bond donors (Lipinski definition) is 2. The third kappa shape index (κ3) is 5.69. The van der Waals surface area contributed by atoms with Crippen LogP contribution in [0.15, 0.2) is 43.2 Å². The van der Waals surface area contributed by atoms with E-state index < -0.39 is 0 Å². The fraction of sp³-hybridized carbons (Fsp3) is 0.548. The van der Waals surface area contributed by atoms with Gasteiger partial charge in [0.2, 0.25) is 5.95 Å². The van der Waals surface area contributed by atoms with Gasteiger partial charge in [0.15, 0.2) is 0 Å². The Hall–Kier alpha value is -2.86. The van der Waals surface area contributed by atoms with Crippen LogP contribution in [0, 0.1) is 6.92 Å². The first-order chi connectivity index (χ1) is 17.9. The van der Waals surface area contributed by atoms with Gasteiger partial charge in [0.05, 0.1) is 6.10 Å². The summed E-state index contributed by atoms with van der Waals surface area (Å²) in [7, 11) is 0. The lowest BCUT2D eigenvalue weighted by atomic mass is 9.89. The van der Waals surface area contributed by atoms with Crippen molar-refractivity contribution in [1.82, 2.24) is 19.4 Å². The minimum atomic E-state index is -0.162. The zero-order valence-corrected chi connectivity index (χ0v) is 22.8. The molecule has 1 saturated heterocycles.